The number of fused-ring (bicyclic) bond motifs is 1. The number of hydrogen-bond donors (Lipinski definition) is 0. The molecule has 4 heteroatoms. The molecule has 1 nitrogen and oxygen atoms in total. The number of alkyl halides is 3. The minimum absolute atomic E-state index is 0.252. The largest absolute Gasteiger partial charge is 0.393 e. The van der Waals surface area contributed by atoms with E-state index in [1.54, 1.807) is 12.1 Å². The zero-order chi connectivity index (χ0) is 13.3. The summed E-state index contributed by atoms with van der Waals surface area (Å²) in [6.45, 7) is 0. The molecule has 0 bridgehead atoms. The van der Waals surface area contributed by atoms with Gasteiger partial charge in [0.2, 0.25) is 0 Å². The number of benzene rings is 1. The van der Waals surface area contributed by atoms with E-state index < -0.39 is 12.6 Å². The minimum atomic E-state index is -4.12. The van der Waals surface area contributed by atoms with Crippen molar-refractivity contribution in [3.05, 3.63) is 34.9 Å². The van der Waals surface area contributed by atoms with Crippen LogP contribution in [0, 0.1) is 0 Å². The summed E-state index contributed by atoms with van der Waals surface area (Å²) in [5.74, 6) is 0. The molecule has 1 aromatic rings. The standard InChI is InChI=1S/C14H18F3N/c1-18(2)13-8-4-6-11-10(9-14(15,16)17)5-3-7-12(11)13/h3,5,7,13H,4,6,8-9H2,1-2H3. The Bertz CT molecular complexity index is 424. The Labute approximate surface area is 106 Å². The lowest BCUT2D eigenvalue weighted by molar-refractivity contribution is -0.127. The van der Waals surface area contributed by atoms with Crippen LogP contribution in [-0.4, -0.2) is 25.2 Å². The molecule has 0 radical (unpaired) electrons. The lowest BCUT2D eigenvalue weighted by Gasteiger charge is -2.32. The van der Waals surface area contributed by atoms with Gasteiger partial charge in [0, 0.05) is 6.04 Å². The van der Waals surface area contributed by atoms with Crippen molar-refractivity contribution in [2.24, 2.45) is 0 Å². The van der Waals surface area contributed by atoms with E-state index in [4.69, 9.17) is 0 Å². The fraction of sp³-hybridized carbons (Fsp3) is 0.571. The summed E-state index contributed by atoms with van der Waals surface area (Å²) in [6, 6.07) is 5.59. The molecule has 0 fully saturated rings. The van der Waals surface area contributed by atoms with Crippen molar-refractivity contribution < 1.29 is 13.2 Å². The average Bonchev–Trinajstić information content (AvgIpc) is 2.26. The van der Waals surface area contributed by atoms with Crippen LogP contribution in [0.2, 0.25) is 0 Å². The Morgan fingerprint density at radius 1 is 1.28 bits per heavy atom. The quantitative estimate of drug-likeness (QED) is 0.780. The first-order chi connectivity index (χ1) is 8.38. The zero-order valence-electron chi connectivity index (χ0n) is 10.7. The SMILES string of the molecule is CN(C)C1CCCc2c(CC(F)(F)F)cccc21. The van der Waals surface area contributed by atoms with Crippen molar-refractivity contribution in [3.8, 4) is 0 Å². The van der Waals surface area contributed by atoms with Gasteiger partial charge in [-0.25, -0.2) is 0 Å². The van der Waals surface area contributed by atoms with Crippen LogP contribution in [0.25, 0.3) is 0 Å². The molecular formula is C14H18F3N. The van der Waals surface area contributed by atoms with E-state index >= 15 is 0 Å². The Balaban J connectivity index is 2.38. The van der Waals surface area contributed by atoms with Crippen molar-refractivity contribution in [3.63, 3.8) is 0 Å². The van der Waals surface area contributed by atoms with Gasteiger partial charge >= 0.3 is 6.18 Å². The molecule has 0 aromatic heterocycles. The Kier molecular flexibility index (Phi) is 3.66. The van der Waals surface area contributed by atoms with Crippen LogP contribution in [0.5, 0.6) is 0 Å². The van der Waals surface area contributed by atoms with Crippen LogP contribution < -0.4 is 0 Å². The number of hydrogen-bond acceptors (Lipinski definition) is 1. The predicted molar refractivity (Wildman–Crippen MR) is 65.6 cm³/mol. The van der Waals surface area contributed by atoms with E-state index in [1.807, 2.05) is 20.2 Å². The van der Waals surface area contributed by atoms with Gasteiger partial charge in [-0.15, -0.1) is 0 Å². The summed E-state index contributed by atoms with van der Waals surface area (Å²) in [7, 11) is 3.96. The molecule has 100 valence electrons. The highest BCUT2D eigenvalue weighted by molar-refractivity contribution is 5.39. The third-order valence-electron chi connectivity index (χ3n) is 3.59. The van der Waals surface area contributed by atoms with Crippen molar-refractivity contribution >= 4 is 0 Å². The lowest BCUT2D eigenvalue weighted by atomic mass is 9.83. The van der Waals surface area contributed by atoms with E-state index in [9.17, 15) is 13.2 Å². The maximum atomic E-state index is 12.6. The van der Waals surface area contributed by atoms with E-state index in [-0.39, 0.29) is 6.04 Å². The fourth-order valence-corrected chi connectivity index (χ4v) is 2.82. The smallest absolute Gasteiger partial charge is 0.302 e. The highest BCUT2D eigenvalue weighted by Gasteiger charge is 2.31. The molecule has 0 aliphatic heterocycles. The van der Waals surface area contributed by atoms with Gasteiger partial charge in [-0.3, -0.25) is 0 Å². The molecule has 0 N–H and O–H groups in total. The Morgan fingerprint density at radius 2 is 2.00 bits per heavy atom. The van der Waals surface area contributed by atoms with Gasteiger partial charge in [0.15, 0.2) is 0 Å². The van der Waals surface area contributed by atoms with Crippen LogP contribution >= 0.6 is 0 Å². The molecule has 1 unspecified atom stereocenters. The summed E-state index contributed by atoms with van der Waals surface area (Å²) in [5.41, 5.74) is 2.44. The average molecular weight is 257 g/mol. The zero-order valence-corrected chi connectivity index (χ0v) is 10.7. The highest BCUT2D eigenvalue weighted by Crippen LogP contribution is 2.36. The lowest BCUT2D eigenvalue weighted by Crippen LogP contribution is -2.25. The summed E-state index contributed by atoms with van der Waals surface area (Å²) >= 11 is 0. The van der Waals surface area contributed by atoms with Crippen LogP contribution in [0.3, 0.4) is 0 Å². The highest BCUT2D eigenvalue weighted by atomic mass is 19.4. The van der Waals surface area contributed by atoms with Gasteiger partial charge in [-0.05, 0) is 50.0 Å². The van der Waals surface area contributed by atoms with Crippen molar-refractivity contribution in [1.29, 1.82) is 0 Å². The molecule has 0 spiro atoms. The van der Waals surface area contributed by atoms with Crippen molar-refractivity contribution in [2.45, 2.75) is 37.9 Å². The minimum Gasteiger partial charge on any atom is -0.302 e. The van der Waals surface area contributed by atoms with Gasteiger partial charge in [-0.2, -0.15) is 13.2 Å². The van der Waals surface area contributed by atoms with E-state index in [2.05, 4.69) is 4.90 Å². The normalized spacial score (nSPS) is 20.0. The van der Waals surface area contributed by atoms with Crippen LogP contribution in [-0.2, 0) is 12.8 Å². The third kappa shape index (κ3) is 2.86. The molecule has 0 saturated carbocycles. The topological polar surface area (TPSA) is 3.24 Å². The van der Waals surface area contributed by atoms with E-state index in [0.717, 1.165) is 30.4 Å². The van der Waals surface area contributed by atoms with Gasteiger partial charge in [0.25, 0.3) is 0 Å². The first-order valence-electron chi connectivity index (χ1n) is 6.22. The summed E-state index contributed by atoms with van der Waals surface area (Å²) in [5, 5.41) is 0. The second-order valence-corrected chi connectivity index (χ2v) is 5.15. The Hall–Kier alpha value is -1.03. The first kappa shape index (κ1) is 13.4. The van der Waals surface area contributed by atoms with Crippen LogP contribution in [0.1, 0.15) is 35.6 Å². The number of halogens is 3. The van der Waals surface area contributed by atoms with Crippen molar-refractivity contribution in [2.75, 3.05) is 14.1 Å². The monoisotopic (exact) mass is 257 g/mol. The number of nitrogens with zero attached hydrogens (tertiary/aromatic N) is 1. The molecule has 1 aromatic carbocycles. The second kappa shape index (κ2) is 4.92. The molecule has 1 atom stereocenters. The maximum Gasteiger partial charge on any atom is 0.393 e. The molecular weight excluding hydrogens is 239 g/mol. The maximum absolute atomic E-state index is 12.6. The molecule has 0 heterocycles. The van der Waals surface area contributed by atoms with Crippen molar-refractivity contribution in [1.82, 2.24) is 4.90 Å². The molecule has 0 amide bonds. The fourth-order valence-electron chi connectivity index (χ4n) is 2.82. The first-order valence-corrected chi connectivity index (χ1v) is 6.22. The number of rotatable bonds is 2. The van der Waals surface area contributed by atoms with Gasteiger partial charge in [0.05, 0.1) is 6.42 Å². The Morgan fingerprint density at radius 3 is 2.61 bits per heavy atom. The van der Waals surface area contributed by atoms with E-state index in [1.165, 1.54) is 0 Å². The van der Waals surface area contributed by atoms with Crippen LogP contribution in [0.4, 0.5) is 13.2 Å². The van der Waals surface area contributed by atoms with Crippen LogP contribution in [0.15, 0.2) is 18.2 Å². The predicted octanol–water partition coefficient (Wildman–Crippen LogP) is 3.73. The second-order valence-electron chi connectivity index (χ2n) is 5.15. The summed E-state index contributed by atoms with van der Waals surface area (Å²) in [4.78, 5) is 2.09. The molecule has 18 heavy (non-hydrogen) atoms. The third-order valence-corrected chi connectivity index (χ3v) is 3.59. The van der Waals surface area contributed by atoms with Gasteiger partial charge in [-0.1, -0.05) is 18.2 Å². The van der Waals surface area contributed by atoms with E-state index in [0.29, 0.717) is 5.56 Å². The summed E-state index contributed by atoms with van der Waals surface area (Å²) in [6.07, 6.45) is -2.18. The molecule has 1 aliphatic carbocycles. The molecule has 1 aliphatic rings. The van der Waals surface area contributed by atoms with Gasteiger partial charge in [0.1, 0.15) is 0 Å². The molecule has 0 saturated heterocycles. The summed E-state index contributed by atoms with van der Waals surface area (Å²) < 4.78 is 37.7. The van der Waals surface area contributed by atoms with Gasteiger partial charge < -0.3 is 4.90 Å². The molecule has 2 rings (SSSR count).